The summed E-state index contributed by atoms with van der Waals surface area (Å²) >= 11 is 0. The average molecular weight is 244 g/mol. The number of nitrogens with one attached hydrogen (secondary N) is 1. The van der Waals surface area contributed by atoms with Crippen molar-refractivity contribution < 1.29 is 4.74 Å². The van der Waals surface area contributed by atoms with Gasteiger partial charge in [0.2, 0.25) is 0 Å². The molecule has 0 bridgehead atoms. The van der Waals surface area contributed by atoms with E-state index in [1.807, 2.05) is 0 Å². The van der Waals surface area contributed by atoms with E-state index in [0.29, 0.717) is 6.04 Å². The first-order chi connectivity index (χ1) is 8.02. The predicted molar refractivity (Wildman–Crippen MR) is 75.5 cm³/mol. The molecule has 0 atom stereocenters. The van der Waals surface area contributed by atoms with E-state index in [0.717, 1.165) is 45.1 Å². The summed E-state index contributed by atoms with van der Waals surface area (Å²) in [4.78, 5) is 2.38. The Bertz CT molecular complexity index is 160. The van der Waals surface area contributed by atoms with Crippen molar-refractivity contribution in [3.63, 3.8) is 0 Å². The molecule has 0 saturated carbocycles. The molecule has 0 unspecified atom stereocenters. The van der Waals surface area contributed by atoms with Crippen LogP contribution in [0.5, 0.6) is 0 Å². The van der Waals surface area contributed by atoms with E-state index < -0.39 is 0 Å². The van der Waals surface area contributed by atoms with Crippen LogP contribution in [0.25, 0.3) is 0 Å². The molecule has 0 spiro atoms. The topological polar surface area (TPSA) is 24.5 Å². The summed E-state index contributed by atoms with van der Waals surface area (Å²) in [6.45, 7) is 14.0. The molecular formula is C14H32N2O. The molecule has 17 heavy (non-hydrogen) atoms. The van der Waals surface area contributed by atoms with E-state index >= 15 is 0 Å². The van der Waals surface area contributed by atoms with Crippen LogP contribution >= 0.6 is 0 Å². The second kappa shape index (κ2) is 11.0. The highest BCUT2D eigenvalue weighted by Crippen LogP contribution is 1.97. The third-order valence-electron chi connectivity index (χ3n) is 2.52. The van der Waals surface area contributed by atoms with Crippen molar-refractivity contribution in [1.82, 2.24) is 10.2 Å². The fraction of sp³-hybridized carbons (Fsp3) is 1.00. The fourth-order valence-electron chi connectivity index (χ4n) is 1.82. The highest BCUT2D eigenvalue weighted by molar-refractivity contribution is 4.55. The van der Waals surface area contributed by atoms with Gasteiger partial charge in [0, 0.05) is 32.3 Å². The number of nitrogens with zero attached hydrogens (tertiary/aromatic N) is 1. The highest BCUT2D eigenvalue weighted by Gasteiger charge is 2.00. The molecule has 0 aromatic carbocycles. The average Bonchev–Trinajstić information content (AvgIpc) is 2.20. The Balaban J connectivity index is 3.13. The molecule has 3 heteroatoms. The molecule has 0 aliphatic carbocycles. The van der Waals surface area contributed by atoms with Crippen molar-refractivity contribution >= 4 is 0 Å². The molecule has 0 aliphatic rings. The predicted octanol–water partition coefficient (Wildman–Crippen LogP) is 2.37. The van der Waals surface area contributed by atoms with Crippen molar-refractivity contribution in [3.8, 4) is 0 Å². The van der Waals surface area contributed by atoms with Gasteiger partial charge in [0.1, 0.15) is 0 Å². The summed E-state index contributed by atoms with van der Waals surface area (Å²) in [5.41, 5.74) is 0. The van der Waals surface area contributed by atoms with Gasteiger partial charge in [-0.15, -0.1) is 0 Å². The standard InChI is InChI=1S/C14H32N2O/c1-13(2)12-16(5)9-7-11-17-10-6-8-15-14(3)4/h13-15H,6-12H2,1-5H3. The molecule has 0 amide bonds. The van der Waals surface area contributed by atoms with Crippen LogP contribution < -0.4 is 5.32 Å². The van der Waals surface area contributed by atoms with Crippen molar-refractivity contribution in [2.75, 3.05) is 39.9 Å². The van der Waals surface area contributed by atoms with E-state index in [1.165, 1.54) is 6.54 Å². The Labute approximate surface area is 108 Å². The van der Waals surface area contributed by atoms with E-state index in [-0.39, 0.29) is 0 Å². The Morgan fingerprint density at radius 1 is 1.06 bits per heavy atom. The normalized spacial score (nSPS) is 12.0. The summed E-state index contributed by atoms with van der Waals surface area (Å²) in [6, 6.07) is 0.583. The first-order valence-corrected chi connectivity index (χ1v) is 7.02. The molecule has 0 radical (unpaired) electrons. The molecule has 1 N–H and O–H groups in total. The van der Waals surface area contributed by atoms with Crippen molar-refractivity contribution in [2.45, 2.75) is 46.6 Å². The number of hydrogen-bond donors (Lipinski definition) is 1. The molecule has 3 nitrogen and oxygen atoms in total. The monoisotopic (exact) mass is 244 g/mol. The van der Waals surface area contributed by atoms with Gasteiger partial charge in [-0.1, -0.05) is 27.7 Å². The smallest absolute Gasteiger partial charge is 0.0478 e. The lowest BCUT2D eigenvalue weighted by Gasteiger charge is -2.18. The van der Waals surface area contributed by atoms with E-state index in [9.17, 15) is 0 Å². The minimum absolute atomic E-state index is 0.583. The van der Waals surface area contributed by atoms with Gasteiger partial charge in [-0.05, 0) is 32.4 Å². The first kappa shape index (κ1) is 16.9. The van der Waals surface area contributed by atoms with Crippen molar-refractivity contribution in [3.05, 3.63) is 0 Å². The van der Waals surface area contributed by atoms with Gasteiger partial charge in [-0.3, -0.25) is 0 Å². The zero-order chi connectivity index (χ0) is 13.1. The van der Waals surface area contributed by atoms with Crippen LogP contribution in [0.2, 0.25) is 0 Å². The molecule has 0 heterocycles. The zero-order valence-corrected chi connectivity index (χ0v) is 12.5. The molecule has 0 aliphatic heterocycles. The van der Waals surface area contributed by atoms with Gasteiger partial charge in [-0.2, -0.15) is 0 Å². The van der Waals surface area contributed by atoms with Crippen LogP contribution in [-0.2, 0) is 4.74 Å². The maximum Gasteiger partial charge on any atom is 0.0478 e. The first-order valence-electron chi connectivity index (χ1n) is 7.02. The van der Waals surface area contributed by atoms with Gasteiger partial charge < -0.3 is 15.0 Å². The molecular weight excluding hydrogens is 212 g/mol. The zero-order valence-electron chi connectivity index (χ0n) is 12.5. The highest BCUT2D eigenvalue weighted by atomic mass is 16.5. The molecule has 0 rings (SSSR count). The number of ether oxygens (including phenoxy) is 1. The van der Waals surface area contributed by atoms with Crippen LogP contribution in [-0.4, -0.2) is 50.8 Å². The van der Waals surface area contributed by atoms with Gasteiger partial charge in [0.05, 0.1) is 0 Å². The molecule has 0 aromatic rings. The third kappa shape index (κ3) is 13.8. The van der Waals surface area contributed by atoms with Gasteiger partial charge in [0.25, 0.3) is 0 Å². The minimum atomic E-state index is 0.583. The summed E-state index contributed by atoms with van der Waals surface area (Å²) in [5.74, 6) is 0.753. The van der Waals surface area contributed by atoms with Gasteiger partial charge in [0.15, 0.2) is 0 Å². The second-order valence-corrected chi connectivity index (χ2v) is 5.58. The van der Waals surface area contributed by atoms with Crippen LogP contribution in [0.15, 0.2) is 0 Å². The molecule has 0 fully saturated rings. The van der Waals surface area contributed by atoms with Crippen molar-refractivity contribution in [2.24, 2.45) is 5.92 Å². The molecule has 0 saturated heterocycles. The maximum absolute atomic E-state index is 5.60. The Morgan fingerprint density at radius 2 is 1.71 bits per heavy atom. The van der Waals surface area contributed by atoms with Crippen LogP contribution in [0.4, 0.5) is 0 Å². The summed E-state index contributed by atoms with van der Waals surface area (Å²) < 4.78 is 5.60. The Kier molecular flexibility index (Phi) is 10.9. The molecule has 104 valence electrons. The molecule has 0 aromatic heterocycles. The minimum Gasteiger partial charge on any atom is -0.381 e. The fourth-order valence-corrected chi connectivity index (χ4v) is 1.82. The number of rotatable bonds is 11. The summed E-state index contributed by atoms with van der Waals surface area (Å²) in [6.07, 6.45) is 2.25. The van der Waals surface area contributed by atoms with Crippen LogP contribution in [0, 0.1) is 5.92 Å². The van der Waals surface area contributed by atoms with Gasteiger partial charge >= 0.3 is 0 Å². The second-order valence-electron chi connectivity index (χ2n) is 5.58. The summed E-state index contributed by atoms with van der Waals surface area (Å²) in [5, 5.41) is 3.39. The largest absolute Gasteiger partial charge is 0.381 e. The third-order valence-corrected chi connectivity index (χ3v) is 2.52. The van der Waals surface area contributed by atoms with Crippen molar-refractivity contribution in [1.29, 1.82) is 0 Å². The Morgan fingerprint density at radius 3 is 2.29 bits per heavy atom. The lowest BCUT2D eigenvalue weighted by atomic mass is 10.2. The van der Waals surface area contributed by atoms with E-state index in [2.05, 4.69) is 45.0 Å². The lowest BCUT2D eigenvalue weighted by molar-refractivity contribution is 0.120. The maximum atomic E-state index is 5.60. The summed E-state index contributed by atoms with van der Waals surface area (Å²) in [7, 11) is 2.19. The number of hydrogen-bond acceptors (Lipinski definition) is 3. The van der Waals surface area contributed by atoms with Crippen LogP contribution in [0.1, 0.15) is 40.5 Å². The quantitative estimate of drug-likeness (QED) is 0.565. The van der Waals surface area contributed by atoms with Gasteiger partial charge in [-0.25, -0.2) is 0 Å². The van der Waals surface area contributed by atoms with E-state index in [1.54, 1.807) is 0 Å². The van der Waals surface area contributed by atoms with Crippen LogP contribution in [0.3, 0.4) is 0 Å². The SMILES string of the molecule is CC(C)CN(C)CCCOCCCNC(C)C. The van der Waals surface area contributed by atoms with E-state index in [4.69, 9.17) is 4.74 Å². The Hall–Kier alpha value is -0.120. The lowest BCUT2D eigenvalue weighted by Crippen LogP contribution is -2.26.